The molecule has 0 aromatic carbocycles. The maximum absolute atomic E-state index is 12.2. The molecule has 0 aromatic rings. The lowest BCUT2D eigenvalue weighted by atomic mass is 9.48. The normalized spacial score (nSPS) is 36.0. The Labute approximate surface area is 139 Å². The van der Waals surface area contributed by atoms with Crippen molar-refractivity contribution in [3.8, 4) is 0 Å². The van der Waals surface area contributed by atoms with Crippen LogP contribution in [0.1, 0.15) is 77.6 Å². The lowest BCUT2D eigenvalue weighted by Gasteiger charge is -2.57. The van der Waals surface area contributed by atoms with Gasteiger partial charge in [0.2, 0.25) is 5.91 Å². The summed E-state index contributed by atoms with van der Waals surface area (Å²) in [5.41, 5.74) is 0.397. The first kappa shape index (κ1) is 16.8. The van der Waals surface area contributed by atoms with E-state index in [9.17, 15) is 14.7 Å². The SMILES string of the molecule is CCCC[C@H](NC(=O)CCC12CC3CC(CC(C3)C1)C2)C(=O)O. The summed E-state index contributed by atoms with van der Waals surface area (Å²) >= 11 is 0. The van der Waals surface area contributed by atoms with Crippen molar-refractivity contribution in [2.45, 2.75) is 83.6 Å². The summed E-state index contributed by atoms with van der Waals surface area (Å²) < 4.78 is 0. The van der Waals surface area contributed by atoms with E-state index in [4.69, 9.17) is 0 Å². The van der Waals surface area contributed by atoms with Gasteiger partial charge in [0.1, 0.15) is 6.04 Å². The molecule has 4 aliphatic carbocycles. The molecule has 4 heteroatoms. The number of carboxylic acids is 1. The molecular weight excluding hydrogens is 290 g/mol. The van der Waals surface area contributed by atoms with Crippen molar-refractivity contribution in [3.63, 3.8) is 0 Å². The van der Waals surface area contributed by atoms with Crippen LogP contribution in [0.4, 0.5) is 0 Å². The Kier molecular flexibility index (Phi) is 4.98. The number of hydrogen-bond donors (Lipinski definition) is 2. The third-order valence-corrected chi connectivity index (χ3v) is 6.53. The minimum absolute atomic E-state index is 0.0655. The Morgan fingerprint density at radius 1 is 1.13 bits per heavy atom. The van der Waals surface area contributed by atoms with Gasteiger partial charge >= 0.3 is 5.97 Å². The molecule has 0 unspecified atom stereocenters. The first-order valence-corrected chi connectivity index (χ1v) is 9.52. The molecule has 1 atom stereocenters. The summed E-state index contributed by atoms with van der Waals surface area (Å²) in [6, 6.07) is -0.709. The fourth-order valence-electron chi connectivity index (χ4n) is 5.91. The van der Waals surface area contributed by atoms with Gasteiger partial charge in [0.25, 0.3) is 0 Å². The predicted octanol–water partition coefficient (Wildman–Crippen LogP) is 3.74. The number of aliphatic carboxylic acids is 1. The Morgan fingerprint density at radius 3 is 2.17 bits per heavy atom. The van der Waals surface area contributed by atoms with E-state index >= 15 is 0 Å². The van der Waals surface area contributed by atoms with Crippen LogP contribution in [0.15, 0.2) is 0 Å². The van der Waals surface area contributed by atoms with E-state index < -0.39 is 12.0 Å². The van der Waals surface area contributed by atoms with E-state index in [0.717, 1.165) is 37.0 Å². The van der Waals surface area contributed by atoms with Crippen molar-refractivity contribution in [1.29, 1.82) is 0 Å². The van der Waals surface area contributed by atoms with Crippen LogP contribution in [0.25, 0.3) is 0 Å². The van der Waals surface area contributed by atoms with Crippen LogP contribution in [0.3, 0.4) is 0 Å². The number of carbonyl (C=O) groups excluding carboxylic acids is 1. The van der Waals surface area contributed by atoms with Gasteiger partial charge in [0.05, 0.1) is 0 Å². The molecular formula is C19H31NO3. The number of rotatable bonds is 8. The predicted molar refractivity (Wildman–Crippen MR) is 88.9 cm³/mol. The monoisotopic (exact) mass is 321 g/mol. The first-order valence-electron chi connectivity index (χ1n) is 9.52. The zero-order chi connectivity index (χ0) is 16.4. The van der Waals surface area contributed by atoms with E-state index in [1.807, 2.05) is 6.92 Å². The van der Waals surface area contributed by atoms with Gasteiger partial charge in [-0.25, -0.2) is 4.79 Å². The third-order valence-electron chi connectivity index (χ3n) is 6.53. The molecule has 4 rings (SSSR count). The van der Waals surface area contributed by atoms with Crippen molar-refractivity contribution in [2.75, 3.05) is 0 Å². The van der Waals surface area contributed by atoms with Gasteiger partial charge in [-0.05, 0) is 74.5 Å². The summed E-state index contributed by atoms with van der Waals surface area (Å²) in [5, 5.41) is 12.0. The largest absolute Gasteiger partial charge is 0.480 e. The van der Waals surface area contributed by atoms with Crippen molar-refractivity contribution in [1.82, 2.24) is 5.32 Å². The van der Waals surface area contributed by atoms with E-state index in [1.165, 1.54) is 38.5 Å². The highest BCUT2D eigenvalue weighted by Crippen LogP contribution is 2.61. The Hall–Kier alpha value is -1.06. The molecule has 2 N–H and O–H groups in total. The highest BCUT2D eigenvalue weighted by atomic mass is 16.4. The minimum Gasteiger partial charge on any atom is -0.480 e. The minimum atomic E-state index is -0.901. The maximum atomic E-state index is 12.2. The summed E-state index contributed by atoms with van der Waals surface area (Å²) in [6.07, 6.45) is 12.0. The quantitative estimate of drug-likeness (QED) is 0.715. The zero-order valence-corrected chi connectivity index (χ0v) is 14.4. The van der Waals surface area contributed by atoms with E-state index in [-0.39, 0.29) is 5.91 Å². The van der Waals surface area contributed by atoms with Gasteiger partial charge in [0.15, 0.2) is 0 Å². The van der Waals surface area contributed by atoms with Crippen LogP contribution < -0.4 is 5.32 Å². The molecule has 0 heterocycles. The molecule has 0 saturated heterocycles. The van der Waals surface area contributed by atoms with Gasteiger partial charge < -0.3 is 10.4 Å². The lowest BCUT2D eigenvalue weighted by Crippen LogP contribution is -2.47. The van der Waals surface area contributed by atoms with E-state index in [1.54, 1.807) is 0 Å². The highest BCUT2D eigenvalue weighted by Gasteiger charge is 2.50. The standard InChI is InChI=1S/C19H31NO3/c1-2-3-4-16(18(22)23)20-17(21)5-6-19-10-13-7-14(11-19)9-15(8-13)12-19/h13-16H,2-12H2,1H3,(H,20,21)(H,22,23)/t13?,14?,15?,16-,19?/m0/s1. The smallest absolute Gasteiger partial charge is 0.326 e. The van der Waals surface area contributed by atoms with Crippen molar-refractivity contribution in [3.05, 3.63) is 0 Å². The van der Waals surface area contributed by atoms with Crippen molar-refractivity contribution >= 4 is 11.9 Å². The van der Waals surface area contributed by atoms with Gasteiger partial charge in [0, 0.05) is 6.42 Å². The Balaban J connectivity index is 1.49. The third kappa shape index (κ3) is 3.89. The topological polar surface area (TPSA) is 66.4 Å². The van der Waals surface area contributed by atoms with Crippen LogP contribution in [0.2, 0.25) is 0 Å². The molecule has 23 heavy (non-hydrogen) atoms. The number of nitrogens with one attached hydrogen (secondary N) is 1. The maximum Gasteiger partial charge on any atom is 0.326 e. The summed E-state index contributed by atoms with van der Waals surface area (Å²) in [4.78, 5) is 23.5. The van der Waals surface area contributed by atoms with Crippen molar-refractivity contribution < 1.29 is 14.7 Å². The van der Waals surface area contributed by atoms with Gasteiger partial charge in [-0.1, -0.05) is 19.8 Å². The van der Waals surface area contributed by atoms with Gasteiger partial charge in [-0.2, -0.15) is 0 Å². The summed E-state index contributed by atoms with van der Waals surface area (Å²) in [7, 11) is 0. The molecule has 0 spiro atoms. The Bertz CT molecular complexity index is 424. The number of unbranched alkanes of at least 4 members (excludes halogenated alkanes) is 1. The van der Waals surface area contributed by atoms with Crippen LogP contribution >= 0.6 is 0 Å². The molecule has 130 valence electrons. The molecule has 0 aliphatic heterocycles. The summed E-state index contributed by atoms with van der Waals surface area (Å²) in [5.74, 6) is 1.74. The molecule has 4 saturated carbocycles. The van der Waals surface area contributed by atoms with Crippen molar-refractivity contribution in [2.24, 2.45) is 23.2 Å². The second-order valence-electron chi connectivity index (χ2n) is 8.52. The molecule has 0 radical (unpaired) electrons. The van der Waals surface area contributed by atoms with Crippen LogP contribution in [0.5, 0.6) is 0 Å². The molecule has 4 bridgehead atoms. The fraction of sp³-hybridized carbons (Fsp3) is 0.895. The van der Waals surface area contributed by atoms with E-state index in [2.05, 4.69) is 5.32 Å². The number of carboxylic acid groups (broad SMARTS) is 1. The molecule has 1 amide bonds. The van der Waals surface area contributed by atoms with E-state index in [0.29, 0.717) is 18.3 Å². The number of amides is 1. The van der Waals surface area contributed by atoms with Crippen LogP contribution in [0, 0.1) is 23.2 Å². The molecule has 4 aliphatic rings. The average Bonchev–Trinajstić information content (AvgIpc) is 2.48. The number of hydrogen-bond acceptors (Lipinski definition) is 2. The van der Waals surface area contributed by atoms with Gasteiger partial charge in [-0.15, -0.1) is 0 Å². The second kappa shape index (κ2) is 6.82. The van der Waals surface area contributed by atoms with Gasteiger partial charge in [-0.3, -0.25) is 4.79 Å². The van der Waals surface area contributed by atoms with Crippen LogP contribution in [-0.4, -0.2) is 23.0 Å². The average molecular weight is 321 g/mol. The Morgan fingerprint density at radius 2 is 1.70 bits per heavy atom. The highest BCUT2D eigenvalue weighted by molar-refractivity contribution is 5.83. The number of carbonyl (C=O) groups is 2. The molecule has 4 fully saturated rings. The second-order valence-corrected chi connectivity index (χ2v) is 8.52. The fourth-order valence-corrected chi connectivity index (χ4v) is 5.91. The lowest BCUT2D eigenvalue weighted by molar-refractivity contribution is -0.142. The first-order chi connectivity index (χ1) is 11.0. The summed E-state index contributed by atoms with van der Waals surface area (Å²) in [6.45, 7) is 2.04. The molecule has 0 aromatic heterocycles. The molecule has 4 nitrogen and oxygen atoms in total. The van der Waals surface area contributed by atoms with Crippen LogP contribution in [-0.2, 0) is 9.59 Å². The zero-order valence-electron chi connectivity index (χ0n) is 14.4.